The van der Waals surface area contributed by atoms with Crippen LogP contribution in [0.5, 0.6) is 0 Å². The summed E-state index contributed by atoms with van der Waals surface area (Å²) >= 11 is 0. The lowest BCUT2D eigenvalue weighted by Gasteiger charge is -2.33. The predicted molar refractivity (Wildman–Crippen MR) is 107 cm³/mol. The van der Waals surface area contributed by atoms with Crippen LogP contribution in [0.3, 0.4) is 0 Å². The van der Waals surface area contributed by atoms with E-state index in [0.29, 0.717) is 37.2 Å². The third-order valence-electron chi connectivity index (χ3n) is 6.33. The van der Waals surface area contributed by atoms with Crippen LogP contribution in [0.1, 0.15) is 53.1 Å². The Hall–Kier alpha value is -3.17. The van der Waals surface area contributed by atoms with Crippen molar-refractivity contribution in [2.45, 2.75) is 37.9 Å². The van der Waals surface area contributed by atoms with Gasteiger partial charge in [-0.05, 0) is 38.3 Å². The van der Waals surface area contributed by atoms with E-state index in [1.807, 2.05) is 0 Å². The molecule has 3 aromatic rings. The molecule has 0 saturated heterocycles. The number of alkyl halides is 1. The van der Waals surface area contributed by atoms with Crippen molar-refractivity contribution >= 4 is 5.91 Å². The Bertz CT molecular complexity index is 1240. The Kier molecular flexibility index (Phi) is 4.48. The molecule has 168 valence electrons. The lowest BCUT2D eigenvalue weighted by Crippen LogP contribution is -2.39. The monoisotopic (exact) mass is 447 g/mol. The minimum absolute atomic E-state index is 0.168. The van der Waals surface area contributed by atoms with Gasteiger partial charge in [0.1, 0.15) is 5.69 Å². The van der Waals surface area contributed by atoms with Crippen molar-refractivity contribution in [3.8, 4) is 11.3 Å². The summed E-state index contributed by atoms with van der Waals surface area (Å²) in [5.74, 6) is -4.41. The van der Waals surface area contributed by atoms with Gasteiger partial charge in [0.15, 0.2) is 23.1 Å². The topological polar surface area (TPSA) is 56.0 Å². The molecule has 1 aliphatic carbocycles. The number of hydrogen-bond donors (Lipinski definition) is 0. The van der Waals surface area contributed by atoms with Gasteiger partial charge in [0.2, 0.25) is 0 Å². The number of aryl methyl sites for hydroxylation is 2. The summed E-state index contributed by atoms with van der Waals surface area (Å²) in [4.78, 5) is 15.0. The summed E-state index contributed by atoms with van der Waals surface area (Å²) < 4.78 is 58.8. The molecule has 1 atom stereocenters. The molecule has 1 amide bonds. The molecular formula is C22H21F4N5O. The maximum absolute atomic E-state index is 14.8. The molecule has 0 spiro atoms. The van der Waals surface area contributed by atoms with Gasteiger partial charge in [-0.1, -0.05) is 0 Å². The quantitative estimate of drug-likeness (QED) is 0.451. The van der Waals surface area contributed by atoms with Crippen LogP contribution in [0, 0.1) is 17.5 Å². The molecule has 1 aromatic carbocycles. The molecule has 1 aliphatic heterocycles. The average Bonchev–Trinajstić information content (AvgIpc) is 3.20. The van der Waals surface area contributed by atoms with Gasteiger partial charge in [0.05, 0.1) is 23.0 Å². The summed E-state index contributed by atoms with van der Waals surface area (Å²) in [5, 5.41) is 8.68. The van der Waals surface area contributed by atoms with Crippen LogP contribution in [0.15, 0.2) is 18.3 Å². The average molecular weight is 447 g/mol. The van der Waals surface area contributed by atoms with E-state index >= 15 is 0 Å². The van der Waals surface area contributed by atoms with Crippen molar-refractivity contribution < 1.29 is 22.4 Å². The van der Waals surface area contributed by atoms with Gasteiger partial charge < -0.3 is 4.90 Å². The van der Waals surface area contributed by atoms with E-state index in [-0.39, 0.29) is 22.7 Å². The highest BCUT2D eigenvalue weighted by Crippen LogP contribution is 2.50. The summed E-state index contributed by atoms with van der Waals surface area (Å²) in [7, 11) is 3.28. The number of carbonyl (C=O) groups is 1. The maximum atomic E-state index is 14.8. The zero-order valence-corrected chi connectivity index (χ0v) is 17.8. The summed E-state index contributed by atoms with van der Waals surface area (Å²) in [6.45, 7) is 2.11. The Morgan fingerprint density at radius 1 is 1.12 bits per heavy atom. The Morgan fingerprint density at radius 3 is 2.41 bits per heavy atom. The highest BCUT2D eigenvalue weighted by atomic mass is 19.2. The number of hydrogen-bond acceptors (Lipinski definition) is 3. The van der Waals surface area contributed by atoms with E-state index in [1.165, 1.54) is 15.6 Å². The molecule has 32 heavy (non-hydrogen) atoms. The fourth-order valence-corrected chi connectivity index (χ4v) is 4.55. The van der Waals surface area contributed by atoms with Crippen molar-refractivity contribution in [2.75, 3.05) is 6.54 Å². The van der Waals surface area contributed by atoms with Gasteiger partial charge in [-0.25, -0.2) is 17.6 Å². The summed E-state index contributed by atoms with van der Waals surface area (Å²) in [6.07, 6.45) is 2.61. The lowest BCUT2D eigenvalue weighted by molar-refractivity contribution is 0.0669. The second-order valence-corrected chi connectivity index (χ2v) is 8.54. The van der Waals surface area contributed by atoms with Crippen LogP contribution >= 0.6 is 0 Å². The molecule has 1 fully saturated rings. The number of benzene rings is 1. The fourth-order valence-electron chi connectivity index (χ4n) is 4.55. The third kappa shape index (κ3) is 3.03. The van der Waals surface area contributed by atoms with Gasteiger partial charge in [-0.3, -0.25) is 14.2 Å². The number of carbonyl (C=O) groups excluding carboxylic acids is 1. The van der Waals surface area contributed by atoms with Crippen molar-refractivity contribution in [2.24, 2.45) is 14.1 Å². The SMILES string of the molecule is C[C@H]1c2nn(C)c(-c3cc(F)c(F)c(F)c3)c2CCN1C(=O)c1cn(C)nc1C1(F)CC1. The first-order valence-electron chi connectivity index (χ1n) is 10.4. The van der Waals surface area contributed by atoms with Gasteiger partial charge in [-0.2, -0.15) is 10.2 Å². The number of amides is 1. The minimum atomic E-state index is -1.55. The number of rotatable bonds is 3. The summed E-state index contributed by atoms with van der Waals surface area (Å²) in [5.41, 5.74) is 0.824. The highest BCUT2D eigenvalue weighted by Gasteiger charge is 2.50. The lowest BCUT2D eigenvalue weighted by atomic mass is 9.94. The van der Waals surface area contributed by atoms with E-state index in [2.05, 4.69) is 10.2 Å². The van der Waals surface area contributed by atoms with Crippen molar-refractivity contribution in [1.82, 2.24) is 24.5 Å². The standard InChI is InChI=1S/C22H21F4N5O/c1-11-18-13(19(30(3)27-18)12-8-15(23)17(25)16(24)9-12)4-7-31(11)21(32)14-10-29(2)28-20(14)22(26)5-6-22/h8-11H,4-7H2,1-3H3/t11-/m0/s1. The van der Waals surface area contributed by atoms with E-state index in [0.717, 1.165) is 17.7 Å². The third-order valence-corrected chi connectivity index (χ3v) is 6.33. The number of nitrogens with zero attached hydrogens (tertiary/aromatic N) is 5. The maximum Gasteiger partial charge on any atom is 0.258 e. The van der Waals surface area contributed by atoms with E-state index in [9.17, 15) is 22.4 Å². The van der Waals surface area contributed by atoms with E-state index in [1.54, 1.807) is 25.9 Å². The predicted octanol–water partition coefficient (Wildman–Crippen LogP) is 3.96. The highest BCUT2D eigenvalue weighted by molar-refractivity contribution is 5.96. The Morgan fingerprint density at radius 2 is 1.78 bits per heavy atom. The smallest absolute Gasteiger partial charge is 0.258 e. The van der Waals surface area contributed by atoms with Crippen LogP contribution in [-0.4, -0.2) is 36.9 Å². The largest absolute Gasteiger partial charge is 0.330 e. The van der Waals surface area contributed by atoms with Gasteiger partial charge in [0, 0.05) is 38.0 Å². The molecule has 0 bridgehead atoms. The second-order valence-electron chi connectivity index (χ2n) is 8.54. The van der Waals surface area contributed by atoms with E-state index in [4.69, 9.17) is 0 Å². The van der Waals surface area contributed by atoms with Crippen LogP contribution in [0.4, 0.5) is 17.6 Å². The van der Waals surface area contributed by atoms with Gasteiger partial charge in [-0.15, -0.1) is 0 Å². The Balaban J connectivity index is 1.51. The molecule has 6 nitrogen and oxygen atoms in total. The molecule has 0 radical (unpaired) electrons. The molecule has 10 heteroatoms. The number of aromatic nitrogens is 4. The normalized spacial score (nSPS) is 19.2. The minimum Gasteiger partial charge on any atom is -0.330 e. The van der Waals surface area contributed by atoms with E-state index < -0.39 is 29.2 Å². The molecule has 5 rings (SSSR count). The molecule has 2 aliphatic rings. The molecular weight excluding hydrogens is 426 g/mol. The molecule has 2 aromatic heterocycles. The van der Waals surface area contributed by atoms with Crippen LogP contribution in [-0.2, 0) is 26.2 Å². The zero-order valence-electron chi connectivity index (χ0n) is 17.8. The molecule has 3 heterocycles. The number of fused-ring (bicyclic) bond motifs is 1. The van der Waals surface area contributed by atoms with Crippen LogP contribution in [0.25, 0.3) is 11.3 Å². The summed E-state index contributed by atoms with van der Waals surface area (Å²) in [6, 6.07) is 1.43. The molecule has 0 N–H and O–H groups in total. The second kappa shape index (κ2) is 6.91. The van der Waals surface area contributed by atoms with Gasteiger partial charge in [0.25, 0.3) is 5.91 Å². The Labute approximate surface area is 181 Å². The fraction of sp³-hybridized carbons (Fsp3) is 0.409. The number of halogens is 4. The molecule has 1 saturated carbocycles. The van der Waals surface area contributed by atoms with Gasteiger partial charge >= 0.3 is 0 Å². The van der Waals surface area contributed by atoms with Crippen molar-refractivity contribution in [1.29, 1.82) is 0 Å². The van der Waals surface area contributed by atoms with Crippen LogP contribution < -0.4 is 0 Å². The molecule has 0 unspecified atom stereocenters. The van der Waals surface area contributed by atoms with Crippen LogP contribution in [0.2, 0.25) is 0 Å². The first-order chi connectivity index (χ1) is 15.1. The zero-order chi connectivity index (χ0) is 22.9. The van der Waals surface area contributed by atoms with Crippen molar-refractivity contribution in [3.63, 3.8) is 0 Å². The first-order valence-corrected chi connectivity index (χ1v) is 10.4. The van der Waals surface area contributed by atoms with Crippen molar-refractivity contribution in [3.05, 3.63) is 58.3 Å². The first kappa shape index (κ1) is 20.7.